The topological polar surface area (TPSA) is 49.3 Å². The van der Waals surface area contributed by atoms with Gasteiger partial charge in [0.25, 0.3) is 5.91 Å². The molecule has 18 heavy (non-hydrogen) atoms. The molecule has 1 atom stereocenters. The van der Waals surface area contributed by atoms with Crippen LogP contribution in [-0.4, -0.2) is 23.7 Å². The van der Waals surface area contributed by atoms with Crippen molar-refractivity contribution in [3.05, 3.63) is 35.4 Å². The summed E-state index contributed by atoms with van der Waals surface area (Å²) < 4.78 is 0. The van der Waals surface area contributed by atoms with Crippen LogP contribution in [0.3, 0.4) is 0 Å². The van der Waals surface area contributed by atoms with Crippen LogP contribution >= 0.6 is 0 Å². The van der Waals surface area contributed by atoms with Crippen molar-refractivity contribution in [2.45, 2.75) is 40.2 Å². The number of carbonyl (C=O) groups is 1. The van der Waals surface area contributed by atoms with Gasteiger partial charge in [-0.25, -0.2) is 0 Å². The molecule has 0 spiro atoms. The minimum atomic E-state index is -0.408. The Balaban J connectivity index is 2.46. The Morgan fingerprint density at radius 2 is 1.94 bits per heavy atom. The van der Waals surface area contributed by atoms with Crippen LogP contribution in [0.4, 0.5) is 0 Å². The Bertz CT molecular complexity index is 407. The van der Waals surface area contributed by atoms with Crippen molar-refractivity contribution in [1.82, 2.24) is 5.32 Å². The van der Waals surface area contributed by atoms with E-state index in [1.165, 1.54) is 0 Å². The summed E-state index contributed by atoms with van der Waals surface area (Å²) in [4.78, 5) is 11.9. The zero-order valence-electron chi connectivity index (χ0n) is 11.7. The van der Waals surface area contributed by atoms with Crippen molar-refractivity contribution in [2.24, 2.45) is 5.41 Å². The summed E-state index contributed by atoms with van der Waals surface area (Å²) in [6.07, 6.45) is 0.163. The van der Waals surface area contributed by atoms with E-state index in [-0.39, 0.29) is 11.3 Å². The van der Waals surface area contributed by atoms with Gasteiger partial charge in [-0.3, -0.25) is 4.79 Å². The number of hydrogen-bond donors (Lipinski definition) is 2. The standard InChI is InChI=1S/C15H23NO2/c1-11-7-5-6-8-12(11)14(18)16-10-9-13(17)15(2,3)4/h5-8,13,17H,9-10H2,1-4H3,(H,16,18)/t13-/m0/s1. The highest BCUT2D eigenvalue weighted by atomic mass is 16.3. The van der Waals surface area contributed by atoms with E-state index < -0.39 is 6.10 Å². The summed E-state index contributed by atoms with van der Waals surface area (Å²) >= 11 is 0. The van der Waals surface area contributed by atoms with Crippen LogP contribution in [0.1, 0.15) is 43.1 Å². The van der Waals surface area contributed by atoms with Crippen LogP contribution in [0.25, 0.3) is 0 Å². The Morgan fingerprint density at radius 3 is 2.50 bits per heavy atom. The largest absolute Gasteiger partial charge is 0.393 e. The molecule has 1 rings (SSSR count). The smallest absolute Gasteiger partial charge is 0.251 e. The lowest BCUT2D eigenvalue weighted by Gasteiger charge is -2.25. The second-order valence-corrected chi connectivity index (χ2v) is 5.74. The first kappa shape index (κ1) is 14.7. The molecule has 1 amide bonds. The van der Waals surface area contributed by atoms with Crippen LogP contribution in [-0.2, 0) is 0 Å². The van der Waals surface area contributed by atoms with Gasteiger partial charge < -0.3 is 10.4 Å². The van der Waals surface area contributed by atoms with Gasteiger partial charge in [-0.1, -0.05) is 39.0 Å². The molecule has 3 nitrogen and oxygen atoms in total. The fourth-order valence-electron chi connectivity index (χ4n) is 1.68. The van der Waals surface area contributed by atoms with Crippen molar-refractivity contribution in [3.63, 3.8) is 0 Å². The Kier molecular flexibility index (Phi) is 4.91. The second-order valence-electron chi connectivity index (χ2n) is 5.74. The molecule has 0 heterocycles. The second kappa shape index (κ2) is 6.01. The summed E-state index contributed by atoms with van der Waals surface area (Å²) in [5.41, 5.74) is 1.52. The molecular formula is C15H23NO2. The van der Waals surface area contributed by atoms with E-state index in [9.17, 15) is 9.90 Å². The molecule has 0 aliphatic carbocycles. The van der Waals surface area contributed by atoms with Crippen molar-refractivity contribution in [3.8, 4) is 0 Å². The fraction of sp³-hybridized carbons (Fsp3) is 0.533. The molecule has 2 N–H and O–H groups in total. The lowest BCUT2D eigenvalue weighted by Crippen LogP contribution is -2.32. The predicted octanol–water partition coefficient (Wildman–Crippen LogP) is 2.52. The van der Waals surface area contributed by atoms with Gasteiger partial charge in [0.2, 0.25) is 0 Å². The summed E-state index contributed by atoms with van der Waals surface area (Å²) in [6.45, 7) is 8.37. The Morgan fingerprint density at radius 1 is 1.33 bits per heavy atom. The summed E-state index contributed by atoms with van der Waals surface area (Å²) in [7, 11) is 0. The first-order valence-electron chi connectivity index (χ1n) is 6.34. The molecule has 0 aliphatic heterocycles. The van der Waals surface area contributed by atoms with Gasteiger partial charge >= 0.3 is 0 Å². The van der Waals surface area contributed by atoms with Gasteiger partial charge in [-0.15, -0.1) is 0 Å². The number of aliphatic hydroxyl groups excluding tert-OH is 1. The maximum absolute atomic E-state index is 11.9. The molecule has 1 aromatic rings. The number of hydrogen-bond acceptors (Lipinski definition) is 2. The highest BCUT2D eigenvalue weighted by molar-refractivity contribution is 5.95. The summed E-state index contributed by atoms with van der Waals surface area (Å²) in [5, 5.41) is 12.7. The van der Waals surface area contributed by atoms with E-state index in [1.54, 1.807) is 0 Å². The van der Waals surface area contributed by atoms with E-state index >= 15 is 0 Å². The third-order valence-corrected chi connectivity index (χ3v) is 3.09. The van der Waals surface area contributed by atoms with Crippen LogP contribution < -0.4 is 5.32 Å². The van der Waals surface area contributed by atoms with Crippen LogP contribution in [0.15, 0.2) is 24.3 Å². The van der Waals surface area contributed by atoms with Crippen molar-refractivity contribution >= 4 is 5.91 Å². The minimum Gasteiger partial charge on any atom is -0.393 e. The molecule has 0 aliphatic rings. The van der Waals surface area contributed by atoms with E-state index in [0.29, 0.717) is 18.5 Å². The predicted molar refractivity (Wildman–Crippen MR) is 73.6 cm³/mol. The van der Waals surface area contributed by atoms with Gasteiger partial charge in [-0.05, 0) is 30.4 Å². The number of carbonyl (C=O) groups excluding carboxylic acids is 1. The van der Waals surface area contributed by atoms with Gasteiger partial charge in [-0.2, -0.15) is 0 Å². The lowest BCUT2D eigenvalue weighted by atomic mass is 9.87. The van der Waals surface area contributed by atoms with Crippen molar-refractivity contribution < 1.29 is 9.90 Å². The number of rotatable bonds is 4. The summed E-state index contributed by atoms with van der Waals surface area (Å²) in [6, 6.07) is 7.49. The normalized spacial score (nSPS) is 13.2. The highest BCUT2D eigenvalue weighted by Crippen LogP contribution is 2.21. The zero-order valence-corrected chi connectivity index (χ0v) is 11.7. The molecule has 3 heteroatoms. The van der Waals surface area contributed by atoms with Crippen LogP contribution in [0.2, 0.25) is 0 Å². The van der Waals surface area contributed by atoms with E-state index in [1.807, 2.05) is 52.0 Å². The highest BCUT2D eigenvalue weighted by Gasteiger charge is 2.21. The Hall–Kier alpha value is -1.35. The maximum Gasteiger partial charge on any atom is 0.251 e. The van der Waals surface area contributed by atoms with E-state index in [0.717, 1.165) is 5.56 Å². The fourth-order valence-corrected chi connectivity index (χ4v) is 1.68. The molecule has 0 fully saturated rings. The van der Waals surface area contributed by atoms with E-state index in [4.69, 9.17) is 0 Å². The molecule has 1 aromatic carbocycles. The molecule has 100 valence electrons. The molecule has 0 saturated heterocycles. The average Bonchev–Trinajstić information content (AvgIpc) is 2.28. The van der Waals surface area contributed by atoms with Gasteiger partial charge in [0.1, 0.15) is 0 Å². The summed E-state index contributed by atoms with van der Waals surface area (Å²) in [5.74, 6) is -0.0748. The van der Waals surface area contributed by atoms with Gasteiger partial charge in [0.15, 0.2) is 0 Å². The number of aliphatic hydroxyl groups is 1. The number of amides is 1. The Labute approximate surface area is 109 Å². The lowest BCUT2D eigenvalue weighted by molar-refractivity contribution is 0.0551. The molecule has 0 radical (unpaired) electrons. The monoisotopic (exact) mass is 249 g/mol. The first-order valence-corrected chi connectivity index (χ1v) is 6.34. The number of nitrogens with one attached hydrogen (secondary N) is 1. The van der Waals surface area contributed by atoms with E-state index in [2.05, 4.69) is 5.32 Å². The third kappa shape index (κ3) is 4.15. The maximum atomic E-state index is 11.9. The van der Waals surface area contributed by atoms with Gasteiger partial charge in [0, 0.05) is 12.1 Å². The number of benzene rings is 1. The quantitative estimate of drug-likeness (QED) is 0.861. The van der Waals surface area contributed by atoms with Crippen molar-refractivity contribution in [1.29, 1.82) is 0 Å². The average molecular weight is 249 g/mol. The van der Waals surface area contributed by atoms with Crippen LogP contribution in [0, 0.1) is 12.3 Å². The molecular weight excluding hydrogens is 226 g/mol. The zero-order chi connectivity index (χ0) is 13.8. The SMILES string of the molecule is Cc1ccccc1C(=O)NCC[C@H](O)C(C)(C)C. The molecule has 0 aromatic heterocycles. The minimum absolute atomic E-state index is 0.0748. The van der Waals surface area contributed by atoms with Gasteiger partial charge in [0.05, 0.1) is 6.10 Å². The molecule has 0 saturated carbocycles. The number of aryl methyl sites for hydroxylation is 1. The van der Waals surface area contributed by atoms with Crippen LogP contribution in [0.5, 0.6) is 0 Å². The molecule has 0 bridgehead atoms. The molecule has 0 unspecified atom stereocenters. The first-order chi connectivity index (χ1) is 8.32. The third-order valence-electron chi connectivity index (χ3n) is 3.09. The van der Waals surface area contributed by atoms with Crippen molar-refractivity contribution in [2.75, 3.05) is 6.54 Å².